The number of carbonyl (C=O) groups is 1. The molecule has 0 saturated carbocycles. The molecule has 20 heavy (non-hydrogen) atoms. The number of ether oxygens (including phenoxy) is 2. The molecule has 1 N–H and O–H groups in total. The zero-order chi connectivity index (χ0) is 15.0. The molecule has 1 unspecified atom stereocenters. The van der Waals surface area contributed by atoms with Gasteiger partial charge in [-0.15, -0.1) is 0 Å². The van der Waals surface area contributed by atoms with Crippen molar-refractivity contribution in [1.82, 2.24) is 9.97 Å². The maximum Gasteiger partial charge on any atom is 0.331 e. The van der Waals surface area contributed by atoms with Crippen molar-refractivity contribution in [3.63, 3.8) is 0 Å². The Morgan fingerprint density at radius 1 is 1.35 bits per heavy atom. The highest BCUT2D eigenvalue weighted by Crippen LogP contribution is 2.21. The lowest BCUT2D eigenvalue weighted by Crippen LogP contribution is -2.44. The molecule has 0 radical (unpaired) electrons. The molecular weight excluding hydrogens is 258 g/mol. The summed E-state index contributed by atoms with van der Waals surface area (Å²) in [5.41, 5.74) is -0.818. The standard InChI is InChI=1S/C14H23N3O3/c1-5-7-14(3,13(18)19-4)17-11-9-15-10-12(16-11)20-8-6-2/h9-10H,5-8H2,1-4H3,(H,16,17). The zero-order valence-electron chi connectivity index (χ0n) is 12.6. The fourth-order valence-electron chi connectivity index (χ4n) is 1.91. The Morgan fingerprint density at radius 2 is 2.10 bits per heavy atom. The summed E-state index contributed by atoms with van der Waals surface area (Å²) in [5.74, 6) is 0.626. The fraction of sp³-hybridized carbons (Fsp3) is 0.643. The molecule has 1 heterocycles. The van der Waals surface area contributed by atoms with Gasteiger partial charge in [-0.2, -0.15) is 4.98 Å². The van der Waals surface area contributed by atoms with E-state index in [-0.39, 0.29) is 5.97 Å². The lowest BCUT2D eigenvalue weighted by atomic mass is 9.96. The van der Waals surface area contributed by atoms with Gasteiger partial charge in [0, 0.05) is 0 Å². The molecule has 0 saturated heterocycles. The summed E-state index contributed by atoms with van der Waals surface area (Å²) in [6.07, 6.45) is 5.50. The molecule has 1 rings (SSSR count). The number of nitrogens with one attached hydrogen (secondary N) is 1. The summed E-state index contributed by atoms with van der Waals surface area (Å²) in [6, 6.07) is 0. The van der Waals surface area contributed by atoms with Crippen LogP contribution in [0.5, 0.6) is 5.88 Å². The van der Waals surface area contributed by atoms with E-state index >= 15 is 0 Å². The molecular formula is C14H23N3O3. The third-order valence-corrected chi connectivity index (χ3v) is 2.86. The SMILES string of the molecule is CCCOc1cncc(NC(C)(CCC)C(=O)OC)n1. The minimum Gasteiger partial charge on any atom is -0.477 e. The summed E-state index contributed by atoms with van der Waals surface area (Å²) in [6.45, 7) is 6.41. The van der Waals surface area contributed by atoms with E-state index in [4.69, 9.17) is 9.47 Å². The van der Waals surface area contributed by atoms with E-state index in [0.29, 0.717) is 24.7 Å². The van der Waals surface area contributed by atoms with Crippen LogP contribution in [0.25, 0.3) is 0 Å². The number of nitrogens with zero attached hydrogens (tertiary/aromatic N) is 2. The molecule has 0 aliphatic carbocycles. The molecule has 1 aromatic heterocycles. The van der Waals surface area contributed by atoms with Crippen molar-refractivity contribution in [3.05, 3.63) is 12.4 Å². The van der Waals surface area contributed by atoms with E-state index in [9.17, 15) is 4.79 Å². The number of hydrogen-bond donors (Lipinski definition) is 1. The van der Waals surface area contributed by atoms with Crippen molar-refractivity contribution < 1.29 is 14.3 Å². The predicted molar refractivity (Wildman–Crippen MR) is 76.8 cm³/mol. The number of rotatable bonds is 8. The molecule has 0 bridgehead atoms. The van der Waals surface area contributed by atoms with Crippen LogP contribution in [0.15, 0.2) is 12.4 Å². The lowest BCUT2D eigenvalue weighted by Gasteiger charge is -2.27. The van der Waals surface area contributed by atoms with Crippen LogP contribution in [-0.2, 0) is 9.53 Å². The second kappa shape index (κ2) is 7.67. The van der Waals surface area contributed by atoms with Gasteiger partial charge in [0.2, 0.25) is 5.88 Å². The minimum absolute atomic E-state index is 0.318. The van der Waals surface area contributed by atoms with Crippen LogP contribution in [0.1, 0.15) is 40.0 Å². The molecule has 0 fully saturated rings. The Bertz CT molecular complexity index is 439. The summed E-state index contributed by atoms with van der Waals surface area (Å²) >= 11 is 0. The molecule has 0 spiro atoms. The largest absolute Gasteiger partial charge is 0.477 e. The van der Waals surface area contributed by atoms with E-state index in [0.717, 1.165) is 12.8 Å². The first-order chi connectivity index (χ1) is 9.55. The molecule has 1 atom stereocenters. The maximum atomic E-state index is 11.9. The van der Waals surface area contributed by atoms with Gasteiger partial charge in [0.25, 0.3) is 0 Å². The van der Waals surface area contributed by atoms with Crippen LogP contribution < -0.4 is 10.1 Å². The van der Waals surface area contributed by atoms with E-state index < -0.39 is 5.54 Å². The highest BCUT2D eigenvalue weighted by molar-refractivity contribution is 5.83. The molecule has 0 aliphatic heterocycles. The summed E-state index contributed by atoms with van der Waals surface area (Å²) in [5, 5.41) is 3.10. The van der Waals surface area contributed by atoms with Gasteiger partial charge in [0.05, 0.1) is 26.1 Å². The van der Waals surface area contributed by atoms with Gasteiger partial charge >= 0.3 is 5.97 Å². The smallest absolute Gasteiger partial charge is 0.331 e. The zero-order valence-corrected chi connectivity index (χ0v) is 12.6. The average molecular weight is 281 g/mol. The first kappa shape index (κ1) is 16.2. The van der Waals surface area contributed by atoms with Crippen LogP contribution in [0.4, 0.5) is 5.82 Å². The predicted octanol–water partition coefficient (Wildman–Crippen LogP) is 2.41. The highest BCUT2D eigenvalue weighted by Gasteiger charge is 2.33. The van der Waals surface area contributed by atoms with Crippen molar-refractivity contribution in [2.75, 3.05) is 19.0 Å². The minimum atomic E-state index is -0.818. The second-order valence-electron chi connectivity index (χ2n) is 4.79. The van der Waals surface area contributed by atoms with Crippen LogP contribution in [0.2, 0.25) is 0 Å². The first-order valence-electron chi connectivity index (χ1n) is 6.87. The van der Waals surface area contributed by atoms with Crippen LogP contribution in [0, 0.1) is 0 Å². The topological polar surface area (TPSA) is 73.3 Å². The van der Waals surface area contributed by atoms with Crippen molar-refractivity contribution >= 4 is 11.8 Å². The normalized spacial score (nSPS) is 13.4. The van der Waals surface area contributed by atoms with Crippen molar-refractivity contribution in [1.29, 1.82) is 0 Å². The van der Waals surface area contributed by atoms with Crippen LogP contribution in [0.3, 0.4) is 0 Å². The summed E-state index contributed by atoms with van der Waals surface area (Å²) < 4.78 is 10.3. The molecule has 0 aliphatic rings. The molecule has 0 aromatic carbocycles. The Morgan fingerprint density at radius 3 is 2.70 bits per heavy atom. The van der Waals surface area contributed by atoms with Gasteiger partial charge in [-0.25, -0.2) is 4.79 Å². The van der Waals surface area contributed by atoms with E-state index in [2.05, 4.69) is 15.3 Å². The lowest BCUT2D eigenvalue weighted by molar-refractivity contribution is -0.145. The number of anilines is 1. The quantitative estimate of drug-likeness (QED) is 0.738. The number of carbonyl (C=O) groups excluding carboxylic acids is 1. The monoisotopic (exact) mass is 281 g/mol. The molecule has 112 valence electrons. The van der Waals surface area contributed by atoms with E-state index in [1.54, 1.807) is 19.3 Å². The van der Waals surface area contributed by atoms with E-state index in [1.807, 2.05) is 13.8 Å². The Balaban J connectivity index is 2.85. The summed E-state index contributed by atoms with van der Waals surface area (Å²) in [7, 11) is 1.38. The van der Waals surface area contributed by atoms with Crippen molar-refractivity contribution in [3.8, 4) is 5.88 Å². The number of methoxy groups -OCH3 is 1. The Hall–Kier alpha value is -1.85. The molecule has 6 nitrogen and oxygen atoms in total. The highest BCUT2D eigenvalue weighted by atomic mass is 16.5. The average Bonchev–Trinajstić information content (AvgIpc) is 2.44. The van der Waals surface area contributed by atoms with E-state index in [1.165, 1.54) is 7.11 Å². The maximum absolute atomic E-state index is 11.9. The van der Waals surface area contributed by atoms with Gasteiger partial charge in [-0.05, 0) is 19.8 Å². The number of aromatic nitrogens is 2. The van der Waals surface area contributed by atoms with Crippen molar-refractivity contribution in [2.24, 2.45) is 0 Å². The number of hydrogen-bond acceptors (Lipinski definition) is 6. The van der Waals surface area contributed by atoms with Crippen LogP contribution >= 0.6 is 0 Å². The Labute approximate surface area is 119 Å². The Kier molecular flexibility index (Phi) is 6.21. The first-order valence-corrected chi connectivity index (χ1v) is 6.87. The third-order valence-electron chi connectivity index (χ3n) is 2.86. The third kappa shape index (κ3) is 4.36. The molecule has 1 aromatic rings. The molecule has 6 heteroatoms. The second-order valence-corrected chi connectivity index (χ2v) is 4.79. The van der Waals surface area contributed by atoms with Gasteiger partial charge < -0.3 is 14.8 Å². The van der Waals surface area contributed by atoms with Gasteiger partial charge in [0.1, 0.15) is 11.4 Å². The summed E-state index contributed by atoms with van der Waals surface area (Å²) in [4.78, 5) is 20.3. The van der Waals surface area contributed by atoms with Gasteiger partial charge in [0.15, 0.2) is 0 Å². The van der Waals surface area contributed by atoms with Crippen LogP contribution in [-0.4, -0.2) is 35.2 Å². The molecule has 0 amide bonds. The van der Waals surface area contributed by atoms with Crippen molar-refractivity contribution in [2.45, 2.75) is 45.6 Å². The van der Waals surface area contributed by atoms with Gasteiger partial charge in [-0.1, -0.05) is 20.3 Å². The van der Waals surface area contributed by atoms with Gasteiger partial charge in [-0.3, -0.25) is 4.98 Å². The fourth-order valence-corrected chi connectivity index (χ4v) is 1.91. The number of esters is 1.